The predicted molar refractivity (Wildman–Crippen MR) is 74.6 cm³/mol. The van der Waals surface area contributed by atoms with Crippen molar-refractivity contribution in [3.63, 3.8) is 0 Å². The number of aryl methyl sites for hydroxylation is 1. The summed E-state index contributed by atoms with van der Waals surface area (Å²) in [5.41, 5.74) is 1.06. The summed E-state index contributed by atoms with van der Waals surface area (Å²) < 4.78 is 0.928. The van der Waals surface area contributed by atoms with Crippen LogP contribution in [0.25, 0.3) is 0 Å². The lowest BCUT2D eigenvalue weighted by molar-refractivity contribution is 0.112. The molecule has 0 atom stereocenters. The molecule has 0 fully saturated rings. The van der Waals surface area contributed by atoms with Crippen LogP contribution in [0.4, 0.5) is 11.5 Å². The van der Waals surface area contributed by atoms with Crippen LogP contribution in [0.15, 0.2) is 28.7 Å². The van der Waals surface area contributed by atoms with E-state index in [1.807, 2.05) is 24.3 Å². The molecular formula is C12H9BrClN3O. The van der Waals surface area contributed by atoms with E-state index >= 15 is 0 Å². The highest BCUT2D eigenvalue weighted by Gasteiger charge is 2.11. The first kappa shape index (κ1) is 13.0. The molecule has 1 aromatic carbocycles. The van der Waals surface area contributed by atoms with Crippen LogP contribution in [-0.2, 0) is 0 Å². The van der Waals surface area contributed by atoms with Crippen molar-refractivity contribution >= 4 is 45.3 Å². The van der Waals surface area contributed by atoms with Gasteiger partial charge in [0.05, 0.1) is 5.56 Å². The van der Waals surface area contributed by atoms with Crippen molar-refractivity contribution in [2.75, 3.05) is 5.32 Å². The number of nitrogens with zero attached hydrogens (tertiary/aromatic N) is 2. The third-order valence-electron chi connectivity index (χ3n) is 2.22. The minimum absolute atomic E-state index is 0.148. The van der Waals surface area contributed by atoms with Crippen LogP contribution in [0.3, 0.4) is 0 Å². The molecule has 2 aromatic rings. The summed E-state index contributed by atoms with van der Waals surface area (Å²) in [6.07, 6.45) is 0.641. The zero-order valence-corrected chi connectivity index (χ0v) is 11.8. The van der Waals surface area contributed by atoms with Crippen LogP contribution < -0.4 is 5.32 Å². The van der Waals surface area contributed by atoms with E-state index in [1.165, 1.54) is 0 Å². The Morgan fingerprint density at radius 3 is 2.83 bits per heavy atom. The van der Waals surface area contributed by atoms with Gasteiger partial charge in [-0.25, -0.2) is 9.97 Å². The number of aromatic nitrogens is 2. The molecule has 0 amide bonds. The van der Waals surface area contributed by atoms with E-state index in [9.17, 15) is 4.79 Å². The standard InChI is InChI=1S/C12H9BrClN3O/c1-7-15-11(14)10(6-18)12(16-7)17-9-4-2-3-8(13)5-9/h2-6H,1H3,(H,15,16,17). The molecule has 0 saturated carbocycles. The number of nitrogens with one attached hydrogen (secondary N) is 1. The Morgan fingerprint density at radius 1 is 1.39 bits per heavy atom. The van der Waals surface area contributed by atoms with E-state index in [2.05, 4.69) is 31.2 Å². The van der Waals surface area contributed by atoms with E-state index in [4.69, 9.17) is 11.6 Å². The number of benzene rings is 1. The van der Waals surface area contributed by atoms with Crippen molar-refractivity contribution in [1.82, 2.24) is 9.97 Å². The average Bonchev–Trinajstić information content (AvgIpc) is 2.28. The van der Waals surface area contributed by atoms with Crippen molar-refractivity contribution in [3.05, 3.63) is 45.3 Å². The van der Waals surface area contributed by atoms with Gasteiger partial charge in [-0.3, -0.25) is 4.79 Å². The molecule has 1 N–H and O–H groups in total. The van der Waals surface area contributed by atoms with Crippen LogP contribution in [-0.4, -0.2) is 16.3 Å². The van der Waals surface area contributed by atoms with E-state index in [0.29, 0.717) is 17.9 Å². The molecule has 1 heterocycles. The molecule has 0 spiro atoms. The molecule has 0 aliphatic rings. The second kappa shape index (κ2) is 5.46. The summed E-state index contributed by atoms with van der Waals surface area (Å²) in [4.78, 5) is 19.1. The highest BCUT2D eigenvalue weighted by atomic mass is 79.9. The number of aldehydes is 1. The molecule has 1 aromatic heterocycles. The van der Waals surface area contributed by atoms with Crippen molar-refractivity contribution in [1.29, 1.82) is 0 Å². The Balaban J connectivity index is 2.42. The quantitative estimate of drug-likeness (QED) is 0.689. The molecule has 4 nitrogen and oxygen atoms in total. The first-order chi connectivity index (χ1) is 8.60. The molecule has 92 valence electrons. The second-order valence-electron chi connectivity index (χ2n) is 3.58. The van der Waals surface area contributed by atoms with Gasteiger partial charge >= 0.3 is 0 Å². The van der Waals surface area contributed by atoms with Crippen LogP contribution in [0, 0.1) is 6.92 Å². The van der Waals surface area contributed by atoms with Gasteiger partial charge in [0.2, 0.25) is 0 Å². The Morgan fingerprint density at radius 2 is 2.17 bits per heavy atom. The number of rotatable bonds is 3. The summed E-state index contributed by atoms with van der Waals surface area (Å²) in [6.45, 7) is 1.71. The molecule has 0 radical (unpaired) electrons. The predicted octanol–water partition coefficient (Wildman–Crippen LogP) is 3.76. The van der Waals surface area contributed by atoms with Crippen molar-refractivity contribution in [3.8, 4) is 0 Å². The lowest BCUT2D eigenvalue weighted by Gasteiger charge is -2.09. The Bertz CT molecular complexity index is 604. The largest absolute Gasteiger partial charge is 0.339 e. The van der Waals surface area contributed by atoms with Crippen LogP contribution in [0.5, 0.6) is 0 Å². The molecule has 0 aliphatic carbocycles. The van der Waals surface area contributed by atoms with Crippen molar-refractivity contribution < 1.29 is 4.79 Å². The van der Waals surface area contributed by atoms with Crippen LogP contribution in [0.1, 0.15) is 16.2 Å². The van der Waals surface area contributed by atoms with Gasteiger partial charge < -0.3 is 5.32 Å². The number of hydrogen-bond donors (Lipinski definition) is 1. The number of carbonyl (C=O) groups excluding carboxylic acids is 1. The molecule has 0 unspecified atom stereocenters. The zero-order chi connectivity index (χ0) is 13.1. The second-order valence-corrected chi connectivity index (χ2v) is 4.85. The topological polar surface area (TPSA) is 54.9 Å². The summed E-state index contributed by atoms with van der Waals surface area (Å²) >= 11 is 9.27. The third-order valence-corrected chi connectivity index (χ3v) is 3.00. The van der Waals surface area contributed by atoms with Gasteiger partial charge in [0.1, 0.15) is 16.8 Å². The fourth-order valence-electron chi connectivity index (χ4n) is 1.45. The van der Waals surface area contributed by atoms with Gasteiger partial charge in [0.25, 0.3) is 0 Å². The summed E-state index contributed by atoms with van der Waals surface area (Å²) in [7, 11) is 0. The van der Waals surface area contributed by atoms with E-state index in [0.717, 1.165) is 10.2 Å². The molecular weight excluding hydrogens is 318 g/mol. The fourth-order valence-corrected chi connectivity index (χ4v) is 2.11. The summed E-state index contributed by atoms with van der Waals surface area (Å²) in [6, 6.07) is 7.53. The minimum Gasteiger partial charge on any atom is -0.339 e. The lowest BCUT2D eigenvalue weighted by atomic mass is 10.3. The maximum Gasteiger partial charge on any atom is 0.156 e. The number of halogens is 2. The van der Waals surface area contributed by atoms with Crippen LogP contribution >= 0.6 is 27.5 Å². The number of hydrogen-bond acceptors (Lipinski definition) is 4. The van der Waals surface area contributed by atoms with Crippen molar-refractivity contribution in [2.24, 2.45) is 0 Å². The first-order valence-electron chi connectivity index (χ1n) is 5.12. The monoisotopic (exact) mass is 325 g/mol. The maximum absolute atomic E-state index is 11.0. The molecule has 0 aliphatic heterocycles. The molecule has 2 rings (SSSR count). The van der Waals surface area contributed by atoms with Crippen molar-refractivity contribution in [2.45, 2.75) is 6.92 Å². The Hall–Kier alpha value is -1.46. The molecule has 0 bridgehead atoms. The first-order valence-corrected chi connectivity index (χ1v) is 6.29. The highest BCUT2D eigenvalue weighted by molar-refractivity contribution is 9.10. The van der Waals surface area contributed by atoms with E-state index < -0.39 is 0 Å². The maximum atomic E-state index is 11.0. The van der Waals surface area contributed by atoms with E-state index in [1.54, 1.807) is 6.92 Å². The summed E-state index contributed by atoms with van der Waals surface area (Å²) in [5.74, 6) is 0.906. The normalized spacial score (nSPS) is 10.2. The SMILES string of the molecule is Cc1nc(Cl)c(C=O)c(Nc2cccc(Br)c2)n1. The smallest absolute Gasteiger partial charge is 0.156 e. The Labute approximate surface area is 118 Å². The lowest BCUT2D eigenvalue weighted by Crippen LogP contribution is -2.03. The van der Waals surface area contributed by atoms with E-state index in [-0.39, 0.29) is 10.7 Å². The number of carbonyl (C=O) groups is 1. The third kappa shape index (κ3) is 2.86. The minimum atomic E-state index is 0.148. The summed E-state index contributed by atoms with van der Waals surface area (Å²) in [5, 5.41) is 3.20. The average molecular weight is 327 g/mol. The fraction of sp³-hybridized carbons (Fsp3) is 0.0833. The van der Waals surface area contributed by atoms with Crippen LogP contribution in [0.2, 0.25) is 5.15 Å². The Kier molecular flexibility index (Phi) is 3.93. The highest BCUT2D eigenvalue weighted by Crippen LogP contribution is 2.24. The van der Waals surface area contributed by atoms with Gasteiger partial charge in [-0.15, -0.1) is 0 Å². The number of anilines is 2. The van der Waals surface area contributed by atoms with Gasteiger partial charge in [-0.2, -0.15) is 0 Å². The van der Waals surface area contributed by atoms with Gasteiger partial charge in [0, 0.05) is 10.2 Å². The molecule has 18 heavy (non-hydrogen) atoms. The van der Waals surface area contributed by atoms with Gasteiger partial charge in [0.15, 0.2) is 6.29 Å². The van der Waals surface area contributed by atoms with Gasteiger partial charge in [-0.1, -0.05) is 33.6 Å². The zero-order valence-electron chi connectivity index (χ0n) is 9.45. The van der Waals surface area contributed by atoms with Gasteiger partial charge in [-0.05, 0) is 25.1 Å². The molecule has 6 heteroatoms. The molecule has 0 saturated heterocycles.